The van der Waals surface area contributed by atoms with Crippen LogP contribution >= 0.6 is 0 Å². The maximum Gasteiger partial charge on any atom is 0.365 e. The van der Waals surface area contributed by atoms with E-state index in [4.69, 9.17) is 0 Å². The van der Waals surface area contributed by atoms with Crippen LogP contribution in [0.4, 0.5) is 4.79 Å². The van der Waals surface area contributed by atoms with E-state index in [0.29, 0.717) is 0 Å². The number of hydrazone groups is 1. The number of ether oxygens (including phenoxy) is 1. The van der Waals surface area contributed by atoms with Crippen LogP contribution in [0, 0.1) is 0 Å². The highest BCUT2D eigenvalue weighted by molar-refractivity contribution is 6.11. The maximum atomic E-state index is 11.0. The normalized spacial score (nSPS) is 27.0. The standard InChI is InChI=1S/C6H9N3O4/c1-3-6(12,4(10)13-2)7-5(11)9-8-3/h12H,1-2H3,(H2,7,9,11). The molecule has 0 aromatic carbocycles. The van der Waals surface area contributed by atoms with E-state index < -0.39 is 17.7 Å². The average molecular weight is 187 g/mol. The molecule has 0 aliphatic carbocycles. The van der Waals surface area contributed by atoms with Crippen molar-refractivity contribution in [2.24, 2.45) is 5.10 Å². The quantitative estimate of drug-likeness (QED) is 0.436. The first kappa shape index (κ1) is 9.46. The van der Waals surface area contributed by atoms with Crippen LogP contribution in [-0.2, 0) is 9.53 Å². The minimum Gasteiger partial charge on any atom is -0.465 e. The van der Waals surface area contributed by atoms with E-state index in [1.54, 1.807) is 0 Å². The maximum absolute atomic E-state index is 11.0. The molecule has 0 fully saturated rings. The molecule has 1 atom stereocenters. The van der Waals surface area contributed by atoms with Crippen molar-refractivity contribution in [1.29, 1.82) is 0 Å². The fourth-order valence-corrected chi connectivity index (χ4v) is 0.845. The number of urea groups is 1. The average Bonchev–Trinajstić information content (AvgIpc) is 2.10. The molecule has 1 aliphatic rings. The Labute approximate surface area is 73.8 Å². The molecule has 1 unspecified atom stereocenters. The minimum absolute atomic E-state index is 0.0129. The molecule has 0 saturated heterocycles. The van der Waals surface area contributed by atoms with E-state index in [9.17, 15) is 14.7 Å². The molecule has 72 valence electrons. The zero-order chi connectivity index (χ0) is 10.1. The topological polar surface area (TPSA) is 100 Å². The first-order valence-electron chi connectivity index (χ1n) is 3.44. The lowest BCUT2D eigenvalue weighted by molar-refractivity contribution is -0.157. The highest BCUT2D eigenvalue weighted by Crippen LogP contribution is 2.08. The molecule has 1 rings (SSSR count). The molecule has 7 nitrogen and oxygen atoms in total. The number of rotatable bonds is 1. The molecule has 0 saturated carbocycles. The number of aliphatic hydroxyl groups is 1. The predicted molar refractivity (Wildman–Crippen MR) is 41.7 cm³/mol. The number of esters is 1. The van der Waals surface area contributed by atoms with Crippen LogP contribution < -0.4 is 10.7 Å². The summed E-state index contributed by atoms with van der Waals surface area (Å²) in [5, 5.41) is 15.0. The minimum atomic E-state index is -2.16. The number of nitrogens with one attached hydrogen (secondary N) is 2. The second kappa shape index (κ2) is 3.02. The lowest BCUT2D eigenvalue weighted by Crippen LogP contribution is -2.64. The first-order chi connectivity index (χ1) is 6.00. The van der Waals surface area contributed by atoms with Crippen molar-refractivity contribution in [2.75, 3.05) is 7.11 Å². The van der Waals surface area contributed by atoms with Crippen LogP contribution in [0.3, 0.4) is 0 Å². The molecule has 1 heterocycles. The summed E-state index contributed by atoms with van der Waals surface area (Å²) >= 11 is 0. The number of nitrogens with zero attached hydrogens (tertiary/aromatic N) is 1. The van der Waals surface area contributed by atoms with Crippen molar-refractivity contribution in [1.82, 2.24) is 10.7 Å². The number of hydrogen-bond acceptors (Lipinski definition) is 5. The van der Waals surface area contributed by atoms with Gasteiger partial charge in [0.1, 0.15) is 0 Å². The van der Waals surface area contributed by atoms with E-state index in [0.717, 1.165) is 7.11 Å². The number of amides is 2. The Kier molecular flexibility index (Phi) is 2.20. The van der Waals surface area contributed by atoms with Gasteiger partial charge in [-0.15, -0.1) is 0 Å². The molecule has 2 amide bonds. The molecule has 0 spiro atoms. The molecule has 0 bridgehead atoms. The van der Waals surface area contributed by atoms with Crippen molar-refractivity contribution in [3.05, 3.63) is 0 Å². The fourth-order valence-electron chi connectivity index (χ4n) is 0.845. The summed E-state index contributed by atoms with van der Waals surface area (Å²) in [7, 11) is 1.10. The molecule has 0 radical (unpaired) electrons. The summed E-state index contributed by atoms with van der Waals surface area (Å²) in [6.45, 7) is 1.38. The molecule has 0 aromatic heterocycles. The second-order valence-corrected chi connectivity index (χ2v) is 2.47. The molecule has 7 heteroatoms. The summed E-state index contributed by atoms with van der Waals surface area (Å²) in [6, 6.07) is -0.765. The Morgan fingerprint density at radius 1 is 1.69 bits per heavy atom. The molecular weight excluding hydrogens is 178 g/mol. The van der Waals surface area contributed by atoms with E-state index >= 15 is 0 Å². The van der Waals surface area contributed by atoms with Crippen molar-refractivity contribution in [3.8, 4) is 0 Å². The van der Waals surface area contributed by atoms with E-state index in [1.807, 2.05) is 10.7 Å². The van der Waals surface area contributed by atoms with Gasteiger partial charge in [0.05, 0.1) is 12.8 Å². The van der Waals surface area contributed by atoms with Gasteiger partial charge in [0.25, 0.3) is 5.72 Å². The second-order valence-electron chi connectivity index (χ2n) is 2.47. The van der Waals surface area contributed by atoms with Crippen molar-refractivity contribution < 1.29 is 19.4 Å². The van der Waals surface area contributed by atoms with Crippen LogP contribution in [0.15, 0.2) is 5.10 Å². The Morgan fingerprint density at radius 2 is 2.31 bits per heavy atom. The lowest BCUT2D eigenvalue weighted by Gasteiger charge is -2.28. The van der Waals surface area contributed by atoms with Gasteiger partial charge < -0.3 is 9.84 Å². The van der Waals surface area contributed by atoms with E-state index in [-0.39, 0.29) is 5.71 Å². The number of methoxy groups -OCH3 is 1. The zero-order valence-corrected chi connectivity index (χ0v) is 7.12. The van der Waals surface area contributed by atoms with Gasteiger partial charge in [0, 0.05) is 0 Å². The predicted octanol–water partition coefficient (Wildman–Crippen LogP) is -1.46. The van der Waals surface area contributed by atoms with Gasteiger partial charge in [-0.1, -0.05) is 0 Å². The van der Waals surface area contributed by atoms with Gasteiger partial charge in [-0.2, -0.15) is 5.10 Å². The summed E-state index contributed by atoms with van der Waals surface area (Å²) < 4.78 is 4.30. The SMILES string of the molecule is COC(=O)C1(O)NC(=O)NN=C1C. The van der Waals surface area contributed by atoms with Gasteiger partial charge in [0.15, 0.2) is 0 Å². The Hall–Kier alpha value is -1.63. The van der Waals surface area contributed by atoms with Crippen LogP contribution in [0.5, 0.6) is 0 Å². The summed E-state index contributed by atoms with van der Waals surface area (Å²) in [4.78, 5) is 21.8. The third-order valence-electron chi connectivity index (χ3n) is 1.62. The van der Waals surface area contributed by atoms with Gasteiger partial charge in [-0.3, -0.25) is 5.32 Å². The summed E-state index contributed by atoms with van der Waals surface area (Å²) in [6.07, 6.45) is 0. The Balaban J connectivity index is 3.00. The molecule has 13 heavy (non-hydrogen) atoms. The van der Waals surface area contributed by atoms with Gasteiger partial charge in [0.2, 0.25) is 0 Å². The Morgan fingerprint density at radius 3 is 2.85 bits per heavy atom. The highest BCUT2D eigenvalue weighted by atomic mass is 16.5. The van der Waals surface area contributed by atoms with Gasteiger partial charge in [-0.05, 0) is 6.92 Å². The molecule has 0 aromatic rings. The third-order valence-corrected chi connectivity index (χ3v) is 1.62. The molecular formula is C6H9N3O4. The third kappa shape index (κ3) is 1.45. The van der Waals surface area contributed by atoms with Gasteiger partial charge >= 0.3 is 12.0 Å². The van der Waals surface area contributed by atoms with E-state index in [1.165, 1.54) is 6.92 Å². The van der Waals surface area contributed by atoms with Crippen LogP contribution in [0.2, 0.25) is 0 Å². The van der Waals surface area contributed by atoms with Crippen LogP contribution in [0.1, 0.15) is 6.92 Å². The highest BCUT2D eigenvalue weighted by Gasteiger charge is 2.44. The van der Waals surface area contributed by atoms with Crippen molar-refractivity contribution in [3.63, 3.8) is 0 Å². The summed E-state index contributed by atoms with van der Waals surface area (Å²) in [5.41, 5.74) is -0.107. The largest absolute Gasteiger partial charge is 0.465 e. The first-order valence-corrected chi connectivity index (χ1v) is 3.44. The zero-order valence-electron chi connectivity index (χ0n) is 7.12. The summed E-state index contributed by atoms with van der Waals surface area (Å²) in [5.74, 6) is -0.983. The smallest absolute Gasteiger partial charge is 0.365 e. The fraction of sp³-hybridized carbons (Fsp3) is 0.500. The number of hydrogen-bond donors (Lipinski definition) is 3. The van der Waals surface area contributed by atoms with Crippen LogP contribution in [0.25, 0.3) is 0 Å². The Bertz CT molecular complexity index is 288. The lowest BCUT2D eigenvalue weighted by atomic mass is 10.1. The number of carbonyl (C=O) groups is 2. The van der Waals surface area contributed by atoms with Gasteiger partial charge in [-0.25, -0.2) is 15.0 Å². The van der Waals surface area contributed by atoms with E-state index in [2.05, 4.69) is 9.84 Å². The van der Waals surface area contributed by atoms with Crippen LogP contribution in [-0.4, -0.2) is 35.7 Å². The molecule has 1 aliphatic heterocycles. The van der Waals surface area contributed by atoms with Crippen molar-refractivity contribution >= 4 is 17.7 Å². The molecule has 3 N–H and O–H groups in total. The monoisotopic (exact) mass is 187 g/mol. The number of carbonyl (C=O) groups excluding carboxylic acids is 2. The van der Waals surface area contributed by atoms with Crippen molar-refractivity contribution in [2.45, 2.75) is 12.6 Å².